The van der Waals surface area contributed by atoms with Crippen molar-refractivity contribution in [1.82, 2.24) is 15.5 Å². The van der Waals surface area contributed by atoms with E-state index < -0.39 is 0 Å². The molecule has 5 rings (SSSR count). The van der Waals surface area contributed by atoms with Crippen molar-refractivity contribution in [2.75, 3.05) is 13.7 Å². The van der Waals surface area contributed by atoms with Crippen LogP contribution in [0.2, 0.25) is 0 Å². The highest BCUT2D eigenvalue weighted by molar-refractivity contribution is 5.74. The smallest absolute Gasteiger partial charge is 0.315 e. The Morgan fingerprint density at radius 3 is 2.28 bits per heavy atom. The maximum absolute atomic E-state index is 12.4. The lowest BCUT2D eigenvalue weighted by Gasteiger charge is -2.31. The van der Waals surface area contributed by atoms with Crippen LogP contribution < -0.4 is 15.4 Å². The highest BCUT2D eigenvalue weighted by Crippen LogP contribution is 2.53. The summed E-state index contributed by atoms with van der Waals surface area (Å²) in [5.74, 6) is 1.59. The van der Waals surface area contributed by atoms with Crippen molar-refractivity contribution in [1.29, 1.82) is 0 Å². The quantitative estimate of drug-likeness (QED) is 0.620. The van der Waals surface area contributed by atoms with Crippen LogP contribution in [0.3, 0.4) is 0 Å². The molecule has 2 unspecified atom stereocenters. The molecule has 1 saturated carbocycles. The molecule has 2 aromatic rings. The topological polar surface area (TPSA) is 53.6 Å². The number of amides is 2. The summed E-state index contributed by atoms with van der Waals surface area (Å²) in [6.45, 7) is 1.69. The van der Waals surface area contributed by atoms with Gasteiger partial charge in [-0.3, -0.25) is 4.90 Å². The number of fused-ring (bicyclic) bond motifs is 5. The van der Waals surface area contributed by atoms with Gasteiger partial charge in [-0.15, -0.1) is 0 Å². The number of nitrogens with one attached hydrogen (secondary N) is 2. The average molecular weight is 434 g/mol. The third kappa shape index (κ3) is 4.36. The molecular weight excluding hydrogens is 398 g/mol. The van der Waals surface area contributed by atoms with E-state index in [4.69, 9.17) is 4.74 Å². The van der Waals surface area contributed by atoms with Gasteiger partial charge in [0, 0.05) is 30.2 Å². The third-order valence-corrected chi connectivity index (χ3v) is 7.84. The minimum absolute atomic E-state index is 0.0780. The number of ether oxygens (including phenoxy) is 1. The van der Waals surface area contributed by atoms with Crippen LogP contribution in [-0.4, -0.2) is 30.6 Å². The molecule has 2 N–H and O–H groups in total. The molecule has 0 radical (unpaired) electrons. The molecule has 5 heteroatoms. The van der Waals surface area contributed by atoms with E-state index in [0.717, 1.165) is 30.1 Å². The Balaban J connectivity index is 1.03. The second-order valence-electron chi connectivity index (χ2n) is 9.62. The number of carbonyl (C=O) groups excluding carboxylic acids is 1. The van der Waals surface area contributed by atoms with E-state index in [1.54, 1.807) is 18.2 Å². The molecule has 2 heterocycles. The number of hydrogen-bond acceptors (Lipinski definition) is 3. The molecule has 170 valence electrons. The van der Waals surface area contributed by atoms with Crippen LogP contribution in [0, 0.1) is 5.92 Å². The predicted octanol–water partition coefficient (Wildman–Crippen LogP) is 5.34. The van der Waals surface area contributed by atoms with Crippen LogP contribution in [-0.2, 0) is 6.54 Å². The molecule has 0 aromatic heterocycles. The van der Waals surface area contributed by atoms with Crippen molar-refractivity contribution < 1.29 is 9.53 Å². The number of urea groups is 1. The lowest BCUT2D eigenvalue weighted by atomic mass is 9.84. The van der Waals surface area contributed by atoms with Gasteiger partial charge < -0.3 is 15.4 Å². The average Bonchev–Trinajstić information content (AvgIpc) is 3.39. The Morgan fingerprint density at radius 1 is 0.938 bits per heavy atom. The van der Waals surface area contributed by atoms with Crippen LogP contribution >= 0.6 is 0 Å². The molecule has 3 aliphatic rings. The molecule has 2 atom stereocenters. The van der Waals surface area contributed by atoms with E-state index in [1.165, 1.54) is 38.6 Å². The molecule has 2 aliphatic heterocycles. The zero-order valence-electron chi connectivity index (χ0n) is 19.1. The summed E-state index contributed by atoms with van der Waals surface area (Å²) >= 11 is 0. The fraction of sp³-hybridized carbons (Fsp3) is 0.519. The van der Waals surface area contributed by atoms with Crippen molar-refractivity contribution in [2.45, 2.75) is 69.6 Å². The third-order valence-electron chi connectivity index (χ3n) is 7.84. The van der Waals surface area contributed by atoms with E-state index in [9.17, 15) is 4.79 Å². The van der Waals surface area contributed by atoms with Crippen molar-refractivity contribution >= 4 is 6.03 Å². The predicted molar refractivity (Wildman–Crippen MR) is 127 cm³/mol. The highest BCUT2D eigenvalue weighted by atomic mass is 16.5. The molecule has 0 spiro atoms. The van der Waals surface area contributed by atoms with Gasteiger partial charge in [0.1, 0.15) is 5.75 Å². The monoisotopic (exact) mass is 433 g/mol. The maximum Gasteiger partial charge on any atom is 0.315 e. The number of methoxy groups -OCH3 is 1. The first kappa shape index (κ1) is 21.3. The number of hydrogen-bond donors (Lipinski definition) is 2. The summed E-state index contributed by atoms with van der Waals surface area (Å²) < 4.78 is 5.36. The van der Waals surface area contributed by atoms with E-state index in [2.05, 4.69) is 39.8 Å². The number of carbonyl (C=O) groups is 1. The van der Waals surface area contributed by atoms with E-state index in [1.807, 2.05) is 24.3 Å². The lowest BCUT2D eigenvalue weighted by Crippen LogP contribution is -2.43. The normalized spacial score (nSPS) is 26.5. The van der Waals surface area contributed by atoms with Gasteiger partial charge in [0.15, 0.2) is 0 Å². The number of rotatable bonds is 7. The Labute approximate surface area is 191 Å². The van der Waals surface area contributed by atoms with Gasteiger partial charge in [-0.2, -0.15) is 0 Å². The van der Waals surface area contributed by atoms with E-state index in [-0.39, 0.29) is 12.1 Å². The van der Waals surface area contributed by atoms with Gasteiger partial charge in [-0.25, -0.2) is 4.79 Å². The molecule has 32 heavy (non-hydrogen) atoms. The van der Waals surface area contributed by atoms with E-state index >= 15 is 0 Å². The molecule has 2 fully saturated rings. The maximum atomic E-state index is 12.4. The van der Waals surface area contributed by atoms with E-state index in [0.29, 0.717) is 18.6 Å². The number of nitrogens with zero attached hydrogens (tertiary/aromatic N) is 1. The van der Waals surface area contributed by atoms with Gasteiger partial charge in [-0.1, -0.05) is 42.5 Å². The molecule has 5 nitrogen and oxygen atoms in total. The first-order valence-electron chi connectivity index (χ1n) is 12.2. The summed E-state index contributed by atoms with van der Waals surface area (Å²) in [7, 11) is 1.66. The van der Waals surface area contributed by atoms with Crippen LogP contribution in [0.15, 0.2) is 48.5 Å². The zero-order valence-corrected chi connectivity index (χ0v) is 19.1. The minimum atomic E-state index is -0.0780. The molecular formula is C27H35N3O2. The van der Waals surface area contributed by atoms with Crippen molar-refractivity contribution in [2.24, 2.45) is 5.92 Å². The van der Waals surface area contributed by atoms with Crippen LogP contribution in [0.1, 0.15) is 73.7 Å². The fourth-order valence-corrected chi connectivity index (χ4v) is 6.15. The molecule has 2 bridgehead atoms. The van der Waals surface area contributed by atoms with Gasteiger partial charge in [0.05, 0.1) is 7.11 Å². The van der Waals surface area contributed by atoms with Crippen LogP contribution in [0.25, 0.3) is 0 Å². The summed E-state index contributed by atoms with van der Waals surface area (Å²) in [5, 5.41) is 6.16. The Bertz CT molecular complexity index is 907. The van der Waals surface area contributed by atoms with Crippen molar-refractivity contribution in [3.05, 3.63) is 65.2 Å². The summed E-state index contributed by atoms with van der Waals surface area (Å²) in [4.78, 5) is 15.1. The number of benzene rings is 2. The van der Waals surface area contributed by atoms with Crippen molar-refractivity contribution in [3.8, 4) is 5.75 Å². The number of para-hydroxylation sites is 1. The molecule has 2 aromatic carbocycles. The molecule has 2 amide bonds. The fourth-order valence-electron chi connectivity index (χ4n) is 6.15. The summed E-state index contributed by atoms with van der Waals surface area (Å²) in [5.41, 5.74) is 4.15. The summed E-state index contributed by atoms with van der Waals surface area (Å²) in [6.07, 6.45) is 8.53. The second kappa shape index (κ2) is 9.53. The van der Waals surface area contributed by atoms with Gasteiger partial charge in [-0.05, 0) is 74.6 Å². The standard InChI is InChI=1S/C27H35N3O2/c1-32-26-9-5-2-6-20(26)18-28-27(31)29-21-12-10-19(11-13-21)16-17-30-24-14-15-25(30)23-8-4-3-7-22(23)24/h2-9,19,21,24-25H,10-18H2,1H3,(H2,28,29,31). The summed E-state index contributed by atoms with van der Waals surface area (Å²) in [6, 6.07) is 18.4. The van der Waals surface area contributed by atoms with Gasteiger partial charge >= 0.3 is 6.03 Å². The molecule has 1 aliphatic carbocycles. The second-order valence-corrected chi connectivity index (χ2v) is 9.62. The first-order chi connectivity index (χ1) is 15.7. The molecule has 1 saturated heterocycles. The largest absolute Gasteiger partial charge is 0.496 e. The van der Waals surface area contributed by atoms with Crippen LogP contribution in [0.4, 0.5) is 4.79 Å². The van der Waals surface area contributed by atoms with Gasteiger partial charge in [0.25, 0.3) is 0 Å². The SMILES string of the molecule is COc1ccccc1CNC(=O)NC1CCC(CCN2C3CCC2c2ccccc23)CC1. The minimum Gasteiger partial charge on any atom is -0.496 e. The Hall–Kier alpha value is -2.53. The van der Waals surface area contributed by atoms with Gasteiger partial charge in [0.2, 0.25) is 0 Å². The first-order valence-corrected chi connectivity index (χ1v) is 12.2. The van der Waals surface area contributed by atoms with Crippen molar-refractivity contribution in [3.63, 3.8) is 0 Å². The van der Waals surface area contributed by atoms with Crippen LogP contribution in [0.5, 0.6) is 5.75 Å². The lowest BCUT2D eigenvalue weighted by molar-refractivity contribution is 0.185. The zero-order chi connectivity index (χ0) is 21.9. The Kier molecular flexibility index (Phi) is 6.35. The highest BCUT2D eigenvalue weighted by Gasteiger charge is 2.43. The Morgan fingerprint density at radius 2 is 1.59 bits per heavy atom.